The zero-order valence-electron chi connectivity index (χ0n) is 22.4. The number of fused-ring (bicyclic) bond motifs is 7. The van der Waals surface area contributed by atoms with Crippen molar-refractivity contribution in [2.24, 2.45) is 10.8 Å². The number of esters is 2. The van der Waals surface area contributed by atoms with Gasteiger partial charge in [0.05, 0.1) is 34.4 Å². The molecule has 3 fully saturated rings. The van der Waals surface area contributed by atoms with Crippen molar-refractivity contribution in [1.82, 2.24) is 4.57 Å². The van der Waals surface area contributed by atoms with Crippen LogP contribution < -0.4 is 0 Å². The van der Waals surface area contributed by atoms with E-state index in [9.17, 15) is 33.0 Å². The molecule has 1 aromatic heterocycles. The fraction of sp³-hybridized carbons (Fsp3) is 0.536. The van der Waals surface area contributed by atoms with Crippen molar-refractivity contribution < 1.29 is 47.2 Å². The van der Waals surface area contributed by atoms with E-state index in [0.29, 0.717) is 18.9 Å². The van der Waals surface area contributed by atoms with E-state index in [0.717, 1.165) is 10.6 Å². The molecule has 0 amide bonds. The third-order valence-electron chi connectivity index (χ3n) is 10.1. The summed E-state index contributed by atoms with van der Waals surface area (Å²) in [7, 11) is 0. The molecule has 4 heterocycles. The van der Waals surface area contributed by atoms with E-state index in [2.05, 4.69) is 4.85 Å². The molecule has 0 spiro atoms. The van der Waals surface area contributed by atoms with Crippen LogP contribution in [0.5, 0.6) is 11.8 Å². The number of alkyl halides is 3. The number of nitrogens with zero attached hydrogens (tertiary/aromatic N) is 2. The highest BCUT2D eigenvalue weighted by Gasteiger charge is 2.77. The van der Waals surface area contributed by atoms with Crippen molar-refractivity contribution in [2.75, 3.05) is 0 Å². The number of ether oxygens (including phenoxy) is 3. The normalized spacial score (nSPS) is 35.0. The molecule has 6 rings (SSSR count). The molecule has 12 heteroatoms. The molecule has 1 saturated carbocycles. The molecule has 4 unspecified atom stereocenters. The Bertz CT molecular complexity index is 1570. The van der Waals surface area contributed by atoms with Gasteiger partial charge in [0.25, 0.3) is 0 Å². The smallest absolute Gasteiger partial charge is 0.407 e. The first-order chi connectivity index (χ1) is 18.4. The molecule has 2 saturated heterocycles. The van der Waals surface area contributed by atoms with Crippen LogP contribution in [0.3, 0.4) is 0 Å². The summed E-state index contributed by atoms with van der Waals surface area (Å²) in [5.41, 5.74) is -7.72. The predicted octanol–water partition coefficient (Wildman–Crippen LogP) is 5.36. The summed E-state index contributed by atoms with van der Waals surface area (Å²) in [4.78, 5) is 29.3. The number of aromatic nitrogens is 1. The second kappa shape index (κ2) is 7.32. The molecule has 5 atom stereocenters. The Balaban J connectivity index is 1.40. The second-order valence-electron chi connectivity index (χ2n) is 12.3. The lowest BCUT2D eigenvalue weighted by Gasteiger charge is -2.37. The van der Waals surface area contributed by atoms with Crippen LogP contribution in [0.1, 0.15) is 70.6 Å². The maximum absolute atomic E-state index is 13.7. The standard InChI is InChI=1S/C28H27F3N2O7/c1-23(2)24(3)9-10-27(23,39-21(24)36)22(37)38-16-12-25(4)17-18(26(16,5)40-25)20(35)33(19(17)34)13-7-8-15(32-6)14(11-13)28(29,30)31/h7-8,11,16,34-35H,9-10,12H2,1-5H3/t16-,24?,25?,26?,27?/m1/s1. The van der Waals surface area contributed by atoms with E-state index in [4.69, 9.17) is 20.8 Å². The fourth-order valence-corrected chi connectivity index (χ4v) is 7.32. The Kier molecular flexibility index (Phi) is 4.85. The van der Waals surface area contributed by atoms with Crippen LogP contribution in [0.25, 0.3) is 10.5 Å². The van der Waals surface area contributed by atoms with Gasteiger partial charge >= 0.3 is 18.1 Å². The minimum absolute atomic E-state index is 0.0748. The monoisotopic (exact) mass is 560 g/mol. The lowest BCUT2D eigenvalue weighted by Crippen LogP contribution is -2.51. The van der Waals surface area contributed by atoms with Crippen LogP contribution in [0.2, 0.25) is 0 Å². The maximum atomic E-state index is 13.7. The molecular weight excluding hydrogens is 533 g/mol. The molecule has 212 valence electrons. The van der Waals surface area contributed by atoms with Crippen molar-refractivity contribution in [1.29, 1.82) is 0 Å². The SMILES string of the molecule is [C-]#[N+]c1ccc(-n2c(O)c3c(c2O)C2(C)OC3(C)C[C@H]2OC(=O)C23CCC(C)(C(=O)O2)C3(C)C)cc1C(F)(F)F. The number of carbonyl (C=O) groups excluding carboxylic acids is 2. The van der Waals surface area contributed by atoms with E-state index in [-0.39, 0.29) is 23.2 Å². The Morgan fingerprint density at radius 3 is 2.33 bits per heavy atom. The first-order valence-electron chi connectivity index (χ1n) is 12.8. The number of benzene rings is 1. The summed E-state index contributed by atoms with van der Waals surface area (Å²) >= 11 is 0. The zero-order chi connectivity index (χ0) is 29.4. The molecule has 1 aromatic carbocycles. The van der Waals surface area contributed by atoms with Crippen LogP contribution in [0.4, 0.5) is 18.9 Å². The average molecular weight is 561 g/mol. The Hall–Kier alpha value is -3.72. The van der Waals surface area contributed by atoms with Crippen molar-refractivity contribution in [3.05, 3.63) is 46.3 Å². The highest BCUT2D eigenvalue weighted by atomic mass is 19.4. The van der Waals surface area contributed by atoms with Crippen LogP contribution >= 0.6 is 0 Å². The Labute approximate surface area is 227 Å². The van der Waals surface area contributed by atoms with Crippen molar-refractivity contribution in [3.8, 4) is 17.4 Å². The summed E-state index contributed by atoms with van der Waals surface area (Å²) in [6.07, 6.45) is -4.99. The van der Waals surface area contributed by atoms with Gasteiger partial charge in [0.15, 0.2) is 5.69 Å². The maximum Gasteiger partial charge on any atom is 0.407 e. The summed E-state index contributed by atoms with van der Waals surface area (Å²) in [5.74, 6) is -2.30. The third kappa shape index (κ3) is 2.81. The molecule has 2 N–H and O–H groups in total. The summed E-state index contributed by atoms with van der Waals surface area (Å²) in [5, 5.41) is 22.5. The lowest BCUT2D eigenvalue weighted by atomic mass is 9.66. The van der Waals surface area contributed by atoms with E-state index < -0.39 is 74.9 Å². The number of hydrogen-bond acceptors (Lipinski definition) is 7. The summed E-state index contributed by atoms with van der Waals surface area (Å²) < 4.78 is 59.6. The molecule has 9 nitrogen and oxygen atoms in total. The first-order valence-corrected chi connectivity index (χ1v) is 12.8. The van der Waals surface area contributed by atoms with Gasteiger partial charge in [0.2, 0.25) is 17.4 Å². The van der Waals surface area contributed by atoms with E-state index >= 15 is 0 Å². The molecule has 1 aliphatic carbocycles. The summed E-state index contributed by atoms with van der Waals surface area (Å²) in [6, 6.07) is 2.84. The Morgan fingerprint density at radius 2 is 1.77 bits per heavy atom. The molecule has 4 aliphatic rings. The average Bonchev–Trinajstić information content (AvgIpc) is 3.49. The number of rotatable bonds is 3. The van der Waals surface area contributed by atoms with Gasteiger partial charge in [-0.05, 0) is 45.7 Å². The zero-order valence-corrected chi connectivity index (χ0v) is 22.4. The van der Waals surface area contributed by atoms with Gasteiger partial charge in [0.1, 0.15) is 17.3 Å². The fourth-order valence-electron chi connectivity index (χ4n) is 7.32. The topological polar surface area (TPSA) is 112 Å². The molecule has 4 bridgehead atoms. The largest absolute Gasteiger partial charge is 0.494 e. The molecular formula is C28H27F3N2O7. The third-order valence-corrected chi connectivity index (χ3v) is 10.1. The van der Waals surface area contributed by atoms with E-state index in [1.165, 1.54) is 6.07 Å². The van der Waals surface area contributed by atoms with Gasteiger partial charge in [-0.25, -0.2) is 9.64 Å². The highest BCUT2D eigenvalue weighted by Crippen LogP contribution is 2.68. The summed E-state index contributed by atoms with van der Waals surface area (Å²) in [6.45, 7) is 15.6. The minimum atomic E-state index is -4.84. The number of carbonyl (C=O) groups is 2. The number of hydrogen-bond donors (Lipinski definition) is 2. The van der Waals surface area contributed by atoms with Crippen molar-refractivity contribution >= 4 is 17.6 Å². The number of aromatic hydroxyl groups is 2. The Morgan fingerprint density at radius 1 is 1.12 bits per heavy atom. The van der Waals surface area contributed by atoms with Gasteiger partial charge < -0.3 is 24.4 Å². The lowest BCUT2D eigenvalue weighted by molar-refractivity contribution is -0.193. The predicted molar refractivity (Wildman–Crippen MR) is 131 cm³/mol. The van der Waals surface area contributed by atoms with Gasteiger partial charge in [0, 0.05) is 11.8 Å². The molecule has 40 heavy (non-hydrogen) atoms. The molecule has 0 radical (unpaired) electrons. The minimum Gasteiger partial charge on any atom is -0.494 e. The quantitative estimate of drug-likeness (QED) is 0.384. The van der Waals surface area contributed by atoms with Crippen LogP contribution in [0.15, 0.2) is 18.2 Å². The molecule has 3 aliphatic heterocycles. The van der Waals surface area contributed by atoms with Crippen LogP contribution in [-0.2, 0) is 41.2 Å². The number of halogens is 3. The van der Waals surface area contributed by atoms with Gasteiger partial charge in [-0.1, -0.05) is 19.9 Å². The highest BCUT2D eigenvalue weighted by molar-refractivity contribution is 5.93. The van der Waals surface area contributed by atoms with Crippen molar-refractivity contribution in [3.63, 3.8) is 0 Å². The van der Waals surface area contributed by atoms with E-state index in [1.54, 1.807) is 34.6 Å². The van der Waals surface area contributed by atoms with E-state index in [1.807, 2.05) is 0 Å². The molecule has 2 aromatic rings. The van der Waals surface area contributed by atoms with Gasteiger partial charge in [-0.15, -0.1) is 0 Å². The van der Waals surface area contributed by atoms with Gasteiger partial charge in [-0.2, -0.15) is 13.2 Å². The second-order valence-corrected chi connectivity index (χ2v) is 12.3. The van der Waals surface area contributed by atoms with Crippen LogP contribution in [0, 0.1) is 17.4 Å². The van der Waals surface area contributed by atoms with Crippen LogP contribution in [-0.4, -0.2) is 38.4 Å². The van der Waals surface area contributed by atoms with Crippen molar-refractivity contribution in [2.45, 2.75) is 83.0 Å². The first kappa shape index (κ1) is 26.5. The van der Waals surface area contributed by atoms with Gasteiger partial charge in [-0.3, -0.25) is 9.36 Å².